The maximum atomic E-state index is 13.0. The lowest BCUT2D eigenvalue weighted by Crippen LogP contribution is -2.31. The molecule has 0 spiro atoms. The number of amidine groups is 1. The van der Waals surface area contributed by atoms with Gasteiger partial charge < -0.3 is 0 Å². The van der Waals surface area contributed by atoms with E-state index in [9.17, 15) is 4.79 Å². The molecule has 4 nitrogen and oxygen atoms in total. The van der Waals surface area contributed by atoms with Gasteiger partial charge >= 0.3 is 0 Å². The number of halogens is 3. The number of hydrogen-bond donors (Lipinski definition) is 0. The van der Waals surface area contributed by atoms with E-state index in [0.29, 0.717) is 20.9 Å². The summed E-state index contributed by atoms with van der Waals surface area (Å²) in [5, 5.41) is 10.3. The molecule has 1 unspecified atom stereocenters. The Labute approximate surface area is 176 Å². The normalized spacial score (nSPS) is 16.4. The van der Waals surface area contributed by atoms with Gasteiger partial charge in [-0.2, -0.15) is 5.26 Å². The van der Waals surface area contributed by atoms with Gasteiger partial charge in [-0.1, -0.05) is 64.8 Å². The van der Waals surface area contributed by atoms with Crippen LogP contribution in [0.25, 0.3) is 6.08 Å². The summed E-state index contributed by atoms with van der Waals surface area (Å²) in [5.74, 6) is -0.346. The van der Waals surface area contributed by atoms with Gasteiger partial charge in [0.2, 0.25) is 0 Å². The van der Waals surface area contributed by atoms with E-state index >= 15 is 0 Å². The average molecular weight is 437 g/mol. The number of amides is 1. The highest BCUT2D eigenvalue weighted by atomic mass is 35.5. The van der Waals surface area contributed by atoms with Crippen LogP contribution in [0.2, 0.25) is 15.1 Å². The average Bonchev–Trinajstić information content (AvgIpc) is 2.94. The largest absolute Gasteiger partial charge is 0.283 e. The fraction of sp³-hybridized carbons (Fsp3) is 0.105. The van der Waals surface area contributed by atoms with Crippen LogP contribution >= 0.6 is 46.6 Å². The van der Waals surface area contributed by atoms with Crippen LogP contribution < -0.4 is 4.90 Å². The van der Waals surface area contributed by atoms with Crippen LogP contribution in [0.15, 0.2) is 53.2 Å². The highest BCUT2D eigenvalue weighted by Gasteiger charge is 2.34. The van der Waals surface area contributed by atoms with Gasteiger partial charge in [0.25, 0.3) is 5.91 Å². The zero-order valence-corrected chi connectivity index (χ0v) is 17.1. The summed E-state index contributed by atoms with van der Waals surface area (Å²) in [5.41, 5.74) is 1.44. The molecule has 2 aromatic carbocycles. The smallest absolute Gasteiger partial charge is 0.266 e. The van der Waals surface area contributed by atoms with Crippen molar-refractivity contribution < 1.29 is 4.79 Å². The lowest BCUT2D eigenvalue weighted by atomic mass is 10.2. The van der Waals surface area contributed by atoms with E-state index < -0.39 is 5.25 Å². The SMILES string of the molecule is CC(C#N)SC1=N/C(=C\c2ccc(Cl)cc2)C(=O)N1c1cccc(Cl)c1Cl. The summed E-state index contributed by atoms with van der Waals surface area (Å²) in [6, 6.07) is 14.2. The summed E-state index contributed by atoms with van der Waals surface area (Å²) in [6.07, 6.45) is 1.66. The fourth-order valence-electron chi connectivity index (χ4n) is 2.35. The van der Waals surface area contributed by atoms with E-state index in [1.165, 1.54) is 16.7 Å². The first kappa shape index (κ1) is 19.8. The number of nitrogens with zero attached hydrogens (tertiary/aromatic N) is 3. The molecule has 0 N–H and O–H groups in total. The number of benzene rings is 2. The van der Waals surface area contributed by atoms with Gasteiger partial charge in [0.1, 0.15) is 5.70 Å². The zero-order valence-electron chi connectivity index (χ0n) is 14.0. The van der Waals surface area contributed by atoms with Crippen molar-refractivity contribution in [2.45, 2.75) is 12.2 Å². The number of carbonyl (C=O) groups is 1. The van der Waals surface area contributed by atoms with Crippen LogP contribution in [-0.2, 0) is 4.79 Å². The molecular weight excluding hydrogens is 425 g/mol. The Morgan fingerprint density at radius 1 is 1.19 bits per heavy atom. The summed E-state index contributed by atoms with van der Waals surface area (Å²) in [7, 11) is 0. The zero-order chi connectivity index (χ0) is 19.6. The van der Waals surface area contributed by atoms with Crippen LogP contribution in [-0.4, -0.2) is 16.3 Å². The summed E-state index contributed by atoms with van der Waals surface area (Å²) < 4.78 is 0. The van der Waals surface area contributed by atoms with Gasteiger partial charge in [0.15, 0.2) is 5.17 Å². The van der Waals surface area contributed by atoms with Crippen molar-refractivity contribution in [2.75, 3.05) is 4.90 Å². The van der Waals surface area contributed by atoms with Crippen LogP contribution in [0.3, 0.4) is 0 Å². The second-order valence-corrected chi connectivity index (χ2v) is 8.11. The van der Waals surface area contributed by atoms with Crippen molar-refractivity contribution >= 4 is 69.4 Å². The number of rotatable bonds is 3. The van der Waals surface area contributed by atoms with Gasteiger partial charge in [-0.25, -0.2) is 4.99 Å². The Morgan fingerprint density at radius 3 is 2.56 bits per heavy atom. The van der Waals surface area contributed by atoms with Crippen molar-refractivity contribution in [3.8, 4) is 6.07 Å². The van der Waals surface area contributed by atoms with E-state index in [-0.39, 0.29) is 16.6 Å². The van der Waals surface area contributed by atoms with Crippen molar-refractivity contribution in [2.24, 2.45) is 4.99 Å². The molecule has 1 heterocycles. The number of hydrogen-bond acceptors (Lipinski definition) is 4. The predicted molar refractivity (Wildman–Crippen MR) is 113 cm³/mol. The molecule has 2 aromatic rings. The molecule has 0 bridgehead atoms. The molecule has 3 rings (SSSR count). The lowest BCUT2D eigenvalue weighted by molar-refractivity contribution is -0.113. The number of anilines is 1. The van der Waals surface area contributed by atoms with Crippen LogP contribution in [0.4, 0.5) is 5.69 Å². The topological polar surface area (TPSA) is 56.5 Å². The Balaban J connectivity index is 2.06. The molecule has 1 aliphatic rings. The number of aliphatic imine (C=N–C) groups is 1. The number of thioether (sulfide) groups is 1. The molecule has 0 aromatic heterocycles. The quantitative estimate of drug-likeness (QED) is 0.551. The predicted octanol–water partition coefficient (Wildman–Crippen LogP) is 6.04. The van der Waals surface area contributed by atoms with Crippen LogP contribution in [0, 0.1) is 11.3 Å². The highest BCUT2D eigenvalue weighted by Crippen LogP contribution is 2.38. The Hall–Kier alpha value is -1.97. The summed E-state index contributed by atoms with van der Waals surface area (Å²) in [4.78, 5) is 18.9. The minimum atomic E-state index is -0.396. The molecule has 0 saturated heterocycles. The van der Waals surface area contributed by atoms with E-state index in [4.69, 9.17) is 40.1 Å². The molecule has 0 saturated carbocycles. The maximum absolute atomic E-state index is 13.0. The van der Waals surface area contributed by atoms with Gasteiger partial charge in [-0.05, 0) is 42.8 Å². The minimum Gasteiger partial charge on any atom is -0.266 e. The first-order valence-corrected chi connectivity index (χ1v) is 9.82. The summed E-state index contributed by atoms with van der Waals surface area (Å²) >= 11 is 19.5. The van der Waals surface area contributed by atoms with E-state index in [2.05, 4.69) is 11.1 Å². The third-order valence-electron chi connectivity index (χ3n) is 3.64. The van der Waals surface area contributed by atoms with Gasteiger partial charge in [-0.3, -0.25) is 9.69 Å². The Bertz CT molecular complexity index is 996. The second-order valence-electron chi connectivity index (χ2n) is 5.58. The molecule has 136 valence electrons. The highest BCUT2D eigenvalue weighted by molar-refractivity contribution is 8.15. The molecule has 1 aliphatic heterocycles. The Kier molecular flexibility index (Phi) is 6.13. The molecular formula is C19H12Cl3N3OS. The second kappa shape index (κ2) is 8.37. The van der Waals surface area contributed by atoms with Crippen molar-refractivity contribution in [3.63, 3.8) is 0 Å². The molecule has 1 atom stereocenters. The molecule has 0 aliphatic carbocycles. The number of nitriles is 1. The number of carbonyl (C=O) groups excluding carboxylic acids is 1. The third-order valence-corrected chi connectivity index (χ3v) is 5.64. The van der Waals surface area contributed by atoms with Gasteiger partial charge in [-0.15, -0.1) is 0 Å². The molecule has 0 radical (unpaired) electrons. The Morgan fingerprint density at radius 2 is 1.89 bits per heavy atom. The van der Waals surface area contributed by atoms with Crippen molar-refractivity contribution in [1.82, 2.24) is 0 Å². The minimum absolute atomic E-state index is 0.237. The van der Waals surface area contributed by atoms with Crippen LogP contribution in [0.1, 0.15) is 12.5 Å². The first-order valence-electron chi connectivity index (χ1n) is 7.81. The molecule has 1 amide bonds. The maximum Gasteiger partial charge on any atom is 0.283 e. The van der Waals surface area contributed by atoms with E-state index in [1.807, 2.05) is 0 Å². The molecule has 27 heavy (non-hydrogen) atoms. The van der Waals surface area contributed by atoms with E-state index in [0.717, 1.165) is 5.56 Å². The van der Waals surface area contributed by atoms with Crippen molar-refractivity contribution in [3.05, 3.63) is 68.8 Å². The third kappa shape index (κ3) is 4.31. The first-order chi connectivity index (χ1) is 12.9. The van der Waals surface area contributed by atoms with Crippen LogP contribution in [0.5, 0.6) is 0 Å². The molecule has 0 fully saturated rings. The monoisotopic (exact) mass is 435 g/mol. The van der Waals surface area contributed by atoms with Crippen molar-refractivity contribution in [1.29, 1.82) is 5.26 Å². The summed E-state index contributed by atoms with van der Waals surface area (Å²) in [6.45, 7) is 1.73. The fourth-order valence-corrected chi connectivity index (χ4v) is 3.67. The van der Waals surface area contributed by atoms with E-state index in [1.54, 1.807) is 55.5 Å². The van der Waals surface area contributed by atoms with Gasteiger partial charge in [0, 0.05) is 5.02 Å². The molecule has 8 heteroatoms. The van der Waals surface area contributed by atoms with Gasteiger partial charge in [0.05, 0.1) is 27.1 Å². The standard InChI is InChI=1S/C19H12Cl3N3OS/c1-11(10-23)27-19-24-15(9-12-5-7-13(20)8-6-12)18(26)25(19)16-4-2-3-14(21)17(16)22/h2-9,11H,1H3/b15-9-. The lowest BCUT2D eigenvalue weighted by Gasteiger charge is -2.20.